The number of nitrogens with two attached hydrogens (primary N) is 1. The summed E-state index contributed by atoms with van der Waals surface area (Å²) in [5.41, 5.74) is 6.27. The molecule has 0 aliphatic heterocycles. The molecule has 0 amide bonds. The monoisotopic (exact) mass is 230 g/mol. The van der Waals surface area contributed by atoms with Gasteiger partial charge in [0.1, 0.15) is 0 Å². The number of aliphatic hydroxyl groups excluding tert-OH is 1. The first-order chi connectivity index (χ1) is 6.95. The molecule has 0 bridgehead atoms. The Hall–Kier alpha value is -0.980. The molecule has 6 heteroatoms. The molecule has 0 fully saturated rings. The fourth-order valence-corrected chi connectivity index (χ4v) is 1.68. The third-order valence-corrected chi connectivity index (χ3v) is 3.11. The number of hydrogen-bond donors (Lipinski definition) is 2. The minimum absolute atomic E-state index is 0.0172. The van der Waals surface area contributed by atoms with Crippen LogP contribution in [0.5, 0.6) is 0 Å². The zero-order chi connectivity index (χ0) is 11.5. The van der Waals surface area contributed by atoms with Gasteiger partial charge in [-0.15, -0.1) is 0 Å². The van der Waals surface area contributed by atoms with Crippen molar-refractivity contribution in [2.75, 3.05) is 12.9 Å². The fourth-order valence-electron chi connectivity index (χ4n) is 1.12. The van der Waals surface area contributed by atoms with Gasteiger partial charge in [0.05, 0.1) is 10.6 Å². The van der Waals surface area contributed by atoms with Crippen LogP contribution in [-0.4, -0.2) is 31.4 Å². The van der Waals surface area contributed by atoms with E-state index in [2.05, 4.69) is 4.98 Å². The van der Waals surface area contributed by atoms with E-state index in [1.165, 1.54) is 12.3 Å². The summed E-state index contributed by atoms with van der Waals surface area (Å²) in [6.45, 7) is -0.0172. The van der Waals surface area contributed by atoms with Crippen molar-refractivity contribution in [1.29, 1.82) is 0 Å². The predicted octanol–water partition coefficient (Wildman–Crippen LogP) is -0.133. The minimum atomic E-state index is -3.21. The minimum Gasteiger partial charge on any atom is -0.396 e. The topological polar surface area (TPSA) is 93.3 Å². The lowest BCUT2D eigenvalue weighted by Crippen LogP contribution is -2.13. The molecule has 0 unspecified atom stereocenters. The molecular weight excluding hydrogens is 216 g/mol. The second kappa shape index (κ2) is 4.69. The smallest absolute Gasteiger partial charge is 0.177 e. The van der Waals surface area contributed by atoms with Crippen LogP contribution in [0.4, 0.5) is 0 Å². The molecule has 1 atom stereocenters. The molecule has 15 heavy (non-hydrogen) atoms. The van der Waals surface area contributed by atoms with E-state index in [1.807, 2.05) is 0 Å². The molecule has 84 valence electrons. The molecule has 1 aromatic heterocycles. The van der Waals surface area contributed by atoms with Gasteiger partial charge in [-0.25, -0.2) is 8.42 Å². The van der Waals surface area contributed by atoms with Gasteiger partial charge in [-0.1, -0.05) is 0 Å². The number of rotatable bonds is 4. The van der Waals surface area contributed by atoms with E-state index >= 15 is 0 Å². The van der Waals surface area contributed by atoms with Crippen LogP contribution >= 0.6 is 0 Å². The summed E-state index contributed by atoms with van der Waals surface area (Å²) in [7, 11) is -3.21. The highest BCUT2D eigenvalue weighted by Gasteiger charge is 2.10. The van der Waals surface area contributed by atoms with Crippen LogP contribution in [0, 0.1) is 0 Å². The van der Waals surface area contributed by atoms with Crippen molar-refractivity contribution in [3.63, 3.8) is 0 Å². The van der Waals surface area contributed by atoms with Crippen molar-refractivity contribution in [3.05, 3.63) is 24.0 Å². The van der Waals surface area contributed by atoms with Gasteiger partial charge in [0.2, 0.25) is 0 Å². The summed E-state index contributed by atoms with van der Waals surface area (Å²) in [5.74, 6) is 0. The average Bonchev–Trinajstić information content (AvgIpc) is 2.17. The quantitative estimate of drug-likeness (QED) is 0.751. The number of hydrogen-bond acceptors (Lipinski definition) is 5. The van der Waals surface area contributed by atoms with Crippen LogP contribution < -0.4 is 5.73 Å². The molecule has 0 saturated carbocycles. The SMILES string of the molecule is CS(=O)(=O)c1ccc([C@@H](N)CCO)nc1. The second-order valence-electron chi connectivity index (χ2n) is 3.31. The Bertz CT molecular complexity index is 413. The second-order valence-corrected chi connectivity index (χ2v) is 5.33. The molecule has 0 aliphatic carbocycles. The lowest BCUT2D eigenvalue weighted by molar-refractivity contribution is 0.275. The van der Waals surface area contributed by atoms with Crippen molar-refractivity contribution in [1.82, 2.24) is 4.98 Å². The number of sulfone groups is 1. The van der Waals surface area contributed by atoms with E-state index in [1.54, 1.807) is 6.07 Å². The maximum Gasteiger partial charge on any atom is 0.177 e. The van der Waals surface area contributed by atoms with Crippen molar-refractivity contribution in [3.8, 4) is 0 Å². The molecule has 1 rings (SSSR count). The number of nitrogens with zero attached hydrogens (tertiary/aromatic N) is 1. The maximum atomic E-state index is 11.1. The zero-order valence-electron chi connectivity index (χ0n) is 8.42. The molecule has 0 aliphatic rings. The highest BCUT2D eigenvalue weighted by atomic mass is 32.2. The Kier molecular flexibility index (Phi) is 3.78. The lowest BCUT2D eigenvalue weighted by Gasteiger charge is -2.09. The summed E-state index contributed by atoms with van der Waals surface area (Å²) < 4.78 is 22.3. The Morgan fingerprint density at radius 1 is 1.53 bits per heavy atom. The normalized spacial score (nSPS) is 13.8. The van der Waals surface area contributed by atoms with Gasteiger partial charge in [0.15, 0.2) is 9.84 Å². The molecule has 0 saturated heterocycles. The van der Waals surface area contributed by atoms with Crippen molar-refractivity contribution in [2.45, 2.75) is 17.4 Å². The molecular formula is C9H14N2O3S. The molecule has 0 spiro atoms. The number of pyridine rings is 1. The largest absolute Gasteiger partial charge is 0.396 e. The van der Waals surface area contributed by atoms with E-state index in [0.717, 1.165) is 6.26 Å². The fraction of sp³-hybridized carbons (Fsp3) is 0.444. The summed E-state index contributed by atoms with van der Waals surface area (Å²) in [6, 6.07) is 2.68. The summed E-state index contributed by atoms with van der Waals surface area (Å²) in [5, 5.41) is 8.68. The van der Waals surface area contributed by atoms with Crippen LogP contribution in [0.1, 0.15) is 18.2 Å². The molecule has 1 heterocycles. The number of aromatic nitrogens is 1. The zero-order valence-corrected chi connectivity index (χ0v) is 9.24. The Labute approximate surface area is 88.9 Å². The van der Waals surface area contributed by atoms with Gasteiger partial charge in [-0.05, 0) is 18.6 Å². The summed E-state index contributed by atoms with van der Waals surface area (Å²) in [6.07, 6.45) is 2.81. The Balaban J connectivity index is 2.90. The standard InChI is InChI=1S/C9H14N2O3S/c1-15(13,14)7-2-3-9(11-6-7)8(10)4-5-12/h2-3,6,8,12H,4-5,10H2,1H3/t8-/m0/s1. The third-order valence-electron chi connectivity index (χ3n) is 2.01. The van der Waals surface area contributed by atoms with Crippen LogP contribution in [0.2, 0.25) is 0 Å². The van der Waals surface area contributed by atoms with Crippen LogP contribution in [-0.2, 0) is 9.84 Å². The molecule has 3 N–H and O–H groups in total. The lowest BCUT2D eigenvalue weighted by atomic mass is 10.1. The van der Waals surface area contributed by atoms with Gasteiger partial charge < -0.3 is 10.8 Å². The van der Waals surface area contributed by atoms with Gasteiger partial charge in [0.25, 0.3) is 0 Å². The van der Waals surface area contributed by atoms with E-state index in [4.69, 9.17) is 10.8 Å². The van der Waals surface area contributed by atoms with Crippen molar-refractivity contribution < 1.29 is 13.5 Å². The van der Waals surface area contributed by atoms with Crippen molar-refractivity contribution >= 4 is 9.84 Å². The van der Waals surface area contributed by atoms with Gasteiger partial charge >= 0.3 is 0 Å². The molecule has 5 nitrogen and oxygen atoms in total. The Morgan fingerprint density at radius 2 is 2.20 bits per heavy atom. The number of aliphatic hydroxyl groups is 1. The summed E-state index contributed by atoms with van der Waals surface area (Å²) in [4.78, 5) is 4.12. The van der Waals surface area contributed by atoms with E-state index in [-0.39, 0.29) is 17.5 Å². The van der Waals surface area contributed by atoms with E-state index in [0.29, 0.717) is 12.1 Å². The predicted molar refractivity (Wildman–Crippen MR) is 56.0 cm³/mol. The third kappa shape index (κ3) is 3.26. The first-order valence-corrected chi connectivity index (χ1v) is 6.36. The molecule has 0 radical (unpaired) electrons. The average molecular weight is 230 g/mol. The molecule has 0 aromatic carbocycles. The van der Waals surface area contributed by atoms with Crippen LogP contribution in [0.15, 0.2) is 23.2 Å². The van der Waals surface area contributed by atoms with Gasteiger partial charge in [-0.2, -0.15) is 0 Å². The van der Waals surface area contributed by atoms with Crippen molar-refractivity contribution in [2.24, 2.45) is 5.73 Å². The summed E-state index contributed by atoms with van der Waals surface area (Å²) >= 11 is 0. The Morgan fingerprint density at radius 3 is 2.60 bits per heavy atom. The van der Waals surface area contributed by atoms with E-state index in [9.17, 15) is 8.42 Å². The highest BCUT2D eigenvalue weighted by Crippen LogP contribution is 2.13. The van der Waals surface area contributed by atoms with Gasteiger partial charge in [-0.3, -0.25) is 4.98 Å². The highest BCUT2D eigenvalue weighted by molar-refractivity contribution is 7.90. The van der Waals surface area contributed by atoms with Crippen LogP contribution in [0.3, 0.4) is 0 Å². The first-order valence-electron chi connectivity index (χ1n) is 4.47. The molecule has 1 aromatic rings. The van der Waals surface area contributed by atoms with Gasteiger partial charge in [0, 0.05) is 25.1 Å². The van der Waals surface area contributed by atoms with Crippen LogP contribution in [0.25, 0.3) is 0 Å². The van der Waals surface area contributed by atoms with E-state index < -0.39 is 9.84 Å². The maximum absolute atomic E-state index is 11.1. The first kappa shape index (κ1) is 12.1.